The van der Waals surface area contributed by atoms with Crippen molar-refractivity contribution >= 4 is 52.5 Å². The Labute approximate surface area is 306 Å². The van der Waals surface area contributed by atoms with Crippen LogP contribution in [-0.2, 0) is 69.9 Å². The van der Waals surface area contributed by atoms with Crippen LogP contribution in [0.5, 0.6) is 5.75 Å². The van der Waals surface area contributed by atoms with Gasteiger partial charge in [-0.25, -0.2) is 17.6 Å². The van der Waals surface area contributed by atoms with Gasteiger partial charge in [0.1, 0.15) is 36.0 Å². The van der Waals surface area contributed by atoms with Crippen LogP contribution >= 0.6 is 11.8 Å². The SMILES string of the molecule is CC(=O)OCc1cc([S+]2c3cc(F)c(F)cc3Sc3cc(F)c(F)cc32)ccc1OC1OC(COC(C)=O)C(OC(C)=O)C(OC(C)=O)C1OC(C)=O. The molecular formula is C35H31F4O12S2+. The van der Waals surface area contributed by atoms with E-state index in [1.807, 2.05) is 0 Å². The summed E-state index contributed by atoms with van der Waals surface area (Å²) in [6, 6.07) is 8.22. The van der Waals surface area contributed by atoms with Gasteiger partial charge in [0.2, 0.25) is 12.4 Å². The Kier molecular flexibility index (Phi) is 12.2. The van der Waals surface area contributed by atoms with Crippen molar-refractivity contribution in [2.24, 2.45) is 0 Å². The van der Waals surface area contributed by atoms with Gasteiger partial charge in [-0.2, -0.15) is 0 Å². The van der Waals surface area contributed by atoms with E-state index in [-0.39, 0.29) is 30.9 Å². The minimum absolute atomic E-state index is 0.0538. The standard InChI is InChI=1S/C35H31F4O12S2/c1-15(40)45-13-20-8-21(53-30-11-24(38)22(36)9-28(30)52-29-10-23(37)25(39)12-31(29)53)6-7-26(20)50-35-34(49-19(5)44)33(48-18(4)43)32(47-17(3)42)27(51-35)14-46-16(2)41/h6-12,27,32-35H,13-14H2,1-5H3/q+1. The molecule has 0 radical (unpaired) electrons. The van der Waals surface area contributed by atoms with Gasteiger partial charge in [-0.05, 0) is 24.3 Å². The highest BCUT2D eigenvalue weighted by atomic mass is 32.2. The van der Waals surface area contributed by atoms with Crippen LogP contribution < -0.4 is 4.74 Å². The molecule has 0 amide bonds. The second-order valence-electron chi connectivity index (χ2n) is 11.6. The Bertz CT molecular complexity index is 1900. The lowest BCUT2D eigenvalue weighted by molar-refractivity contribution is -0.288. The minimum atomic E-state index is -1.65. The average Bonchev–Trinajstić information content (AvgIpc) is 3.06. The number of halogens is 4. The number of hydrogen-bond acceptors (Lipinski definition) is 13. The summed E-state index contributed by atoms with van der Waals surface area (Å²) in [4.78, 5) is 61.7. The summed E-state index contributed by atoms with van der Waals surface area (Å²) in [6.45, 7) is 4.47. The first-order valence-electron chi connectivity index (χ1n) is 15.7. The zero-order valence-corrected chi connectivity index (χ0v) is 30.2. The lowest BCUT2D eigenvalue weighted by Gasteiger charge is -2.44. The van der Waals surface area contributed by atoms with Gasteiger partial charge in [0.15, 0.2) is 50.2 Å². The van der Waals surface area contributed by atoms with Crippen LogP contribution in [0.2, 0.25) is 0 Å². The maximum Gasteiger partial charge on any atom is 0.303 e. The fourth-order valence-electron chi connectivity index (χ4n) is 5.49. The van der Waals surface area contributed by atoms with E-state index < -0.39 is 108 Å². The lowest BCUT2D eigenvalue weighted by Crippen LogP contribution is -2.63. The molecule has 5 atom stereocenters. The van der Waals surface area contributed by atoms with Crippen molar-refractivity contribution in [3.05, 3.63) is 71.3 Å². The summed E-state index contributed by atoms with van der Waals surface area (Å²) in [5, 5.41) is 0. The average molecular weight is 784 g/mol. The molecule has 3 aromatic rings. The van der Waals surface area contributed by atoms with E-state index in [2.05, 4.69) is 0 Å². The zero-order valence-electron chi connectivity index (χ0n) is 28.6. The van der Waals surface area contributed by atoms with Gasteiger partial charge in [0.05, 0.1) is 9.79 Å². The quantitative estimate of drug-likeness (QED) is 0.0884. The van der Waals surface area contributed by atoms with Crippen molar-refractivity contribution in [1.82, 2.24) is 0 Å². The lowest BCUT2D eigenvalue weighted by atomic mass is 9.98. The highest BCUT2D eigenvalue weighted by Crippen LogP contribution is 2.50. The molecule has 0 spiro atoms. The third-order valence-electron chi connectivity index (χ3n) is 7.52. The Morgan fingerprint density at radius 3 is 1.70 bits per heavy atom. The molecule has 0 bridgehead atoms. The van der Waals surface area contributed by atoms with Gasteiger partial charge in [-0.1, -0.05) is 11.8 Å². The van der Waals surface area contributed by atoms with E-state index in [0.717, 1.165) is 70.6 Å². The summed E-state index contributed by atoms with van der Waals surface area (Å²) >= 11 is 0.933. The molecule has 2 aliphatic heterocycles. The molecule has 0 saturated carbocycles. The van der Waals surface area contributed by atoms with E-state index >= 15 is 0 Å². The smallest absolute Gasteiger partial charge is 0.303 e. The Balaban J connectivity index is 1.62. The van der Waals surface area contributed by atoms with Crippen LogP contribution in [0.25, 0.3) is 0 Å². The summed E-state index contributed by atoms with van der Waals surface area (Å²) in [5.74, 6) is -8.68. The molecule has 2 aliphatic rings. The zero-order chi connectivity index (χ0) is 38.7. The molecule has 1 saturated heterocycles. The van der Waals surface area contributed by atoms with Gasteiger partial charge >= 0.3 is 29.8 Å². The molecule has 0 N–H and O–H groups in total. The highest BCUT2D eigenvalue weighted by molar-refractivity contribution is 8.04. The monoisotopic (exact) mass is 783 g/mol. The number of rotatable bonds is 10. The number of fused-ring (bicyclic) bond motifs is 2. The first kappa shape index (κ1) is 39.4. The summed E-state index contributed by atoms with van der Waals surface area (Å²) in [6.07, 6.45) is -7.58. The number of ether oxygens (including phenoxy) is 7. The first-order valence-corrected chi connectivity index (χ1v) is 17.7. The molecule has 282 valence electrons. The van der Waals surface area contributed by atoms with Crippen LogP contribution in [0.3, 0.4) is 0 Å². The third-order valence-corrected chi connectivity index (χ3v) is 11.2. The van der Waals surface area contributed by atoms with E-state index in [9.17, 15) is 41.5 Å². The fraction of sp³-hybridized carbons (Fsp3) is 0.343. The number of esters is 5. The van der Waals surface area contributed by atoms with Crippen molar-refractivity contribution in [3.8, 4) is 5.75 Å². The van der Waals surface area contributed by atoms with Gasteiger partial charge in [0.25, 0.3) is 0 Å². The normalized spacial score (nSPS) is 20.7. The Morgan fingerprint density at radius 1 is 0.660 bits per heavy atom. The van der Waals surface area contributed by atoms with Gasteiger partial charge in [-0.15, -0.1) is 0 Å². The first-order chi connectivity index (χ1) is 25.0. The fourth-order valence-corrected chi connectivity index (χ4v) is 9.29. The highest BCUT2D eigenvalue weighted by Gasteiger charge is 2.53. The minimum Gasteiger partial charge on any atom is -0.463 e. The van der Waals surface area contributed by atoms with Crippen LogP contribution in [0.4, 0.5) is 17.6 Å². The molecule has 0 aromatic heterocycles. The number of carbonyl (C=O) groups excluding carboxylic acids is 5. The second-order valence-corrected chi connectivity index (χ2v) is 14.6. The predicted octanol–water partition coefficient (Wildman–Crippen LogP) is 5.33. The molecular weight excluding hydrogens is 752 g/mol. The van der Waals surface area contributed by atoms with Gasteiger partial charge in [-0.3, -0.25) is 24.0 Å². The second kappa shape index (κ2) is 16.5. The number of carbonyl (C=O) groups is 5. The molecule has 3 aromatic carbocycles. The van der Waals surface area contributed by atoms with Crippen molar-refractivity contribution < 1.29 is 74.7 Å². The van der Waals surface area contributed by atoms with Crippen LogP contribution in [0.1, 0.15) is 40.2 Å². The molecule has 12 nitrogen and oxygen atoms in total. The Hall–Kier alpha value is -4.81. The molecule has 5 unspecified atom stereocenters. The summed E-state index contributed by atoms with van der Waals surface area (Å²) in [5.41, 5.74) is 0.143. The maximum atomic E-state index is 14.7. The van der Waals surface area contributed by atoms with Gasteiger partial charge < -0.3 is 33.2 Å². The number of benzene rings is 3. The van der Waals surface area contributed by atoms with Crippen molar-refractivity contribution in [2.75, 3.05) is 6.61 Å². The van der Waals surface area contributed by atoms with Crippen molar-refractivity contribution in [3.63, 3.8) is 0 Å². The van der Waals surface area contributed by atoms with E-state index in [1.54, 1.807) is 0 Å². The molecule has 1 fully saturated rings. The molecule has 2 heterocycles. The van der Waals surface area contributed by atoms with Crippen molar-refractivity contribution in [1.29, 1.82) is 0 Å². The van der Waals surface area contributed by atoms with Crippen LogP contribution in [0.15, 0.2) is 66.9 Å². The van der Waals surface area contributed by atoms with E-state index in [4.69, 9.17) is 33.2 Å². The van der Waals surface area contributed by atoms with E-state index in [0.29, 0.717) is 4.90 Å². The van der Waals surface area contributed by atoms with Gasteiger partial charge in [0, 0.05) is 58.4 Å². The molecule has 18 heteroatoms. The molecule has 5 rings (SSSR count). The topological polar surface area (TPSA) is 150 Å². The third kappa shape index (κ3) is 9.23. The van der Waals surface area contributed by atoms with Crippen LogP contribution in [0, 0.1) is 23.3 Å². The predicted molar refractivity (Wildman–Crippen MR) is 173 cm³/mol. The van der Waals surface area contributed by atoms with E-state index in [1.165, 1.54) is 18.2 Å². The largest absolute Gasteiger partial charge is 0.463 e. The van der Waals surface area contributed by atoms with Crippen LogP contribution in [-0.4, -0.2) is 67.2 Å². The molecule has 53 heavy (non-hydrogen) atoms. The Morgan fingerprint density at radius 2 is 1.17 bits per heavy atom. The molecule has 0 aliphatic carbocycles. The van der Waals surface area contributed by atoms with Crippen molar-refractivity contribution in [2.45, 2.75) is 96.4 Å². The number of hydrogen-bond donors (Lipinski definition) is 0. The summed E-state index contributed by atoms with van der Waals surface area (Å²) < 4.78 is 97.0. The maximum absolute atomic E-state index is 14.7. The summed E-state index contributed by atoms with van der Waals surface area (Å²) in [7, 11) is -1.37.